The van der Waals surface area contributed by atoms with Gasteiger partial charge in [-0.3, -0.25) is 4.79 Å². The second-order valence-electron chi connectivity index (χ2n) is 5.53. The Hall–Kier alpha value is -3.36. The highest BCUT2D eigenvalue weighted by atomic mass is 19.3. The molecule has 150 valence electrons. The number of hydrogen-bond acceptors (Lipinski definition) is 6. The van der Waals surface area contributed by atoms with Gasteiger partial charge in [-0.1, -0.05) is 6.07 Å². The highest BCUT2D eigenvalue weighted by molar-refractivity contribution is 5.89. The molecule has 1 aromatic carbocycles. The first-order valence-electron chi connectivity index (χ1n) is 8.19. The zero-order chi connectivity index (χ0) is 20.5. The van der Waals surface area contributed by atoms with Crippen LogP contribution in [0.2, 0.25) is 0 Å². The SMILES string of the molecule is COc1cc(/C=C/C(=O)OCC(=O)N[C@@H](C)c2ccco2)ccc1OC(F)F. The third-order valence-corrected chi connectivity index (χ3v) is 3.51. The highest BCUT2D eigenvalue weighted by Gasteiger charge is 2.13. The molecule has 2 rings (SSSR count). The van der Waals surface area contributed by atoms with Crippen LogP contribution in [0, 0.1) is 0 Å². The van der Waals surface area contributed by atoms with Crippen LogP contribution in [0.4, 0.5) is 8.78 Å². The van der Waals surface area contributed by atoms with Crippen LogP contribution >= 0.6 is 0 Å². The number of hydrogen-bond donors (Lipinski definition) is 1. The summed E-state index contributed by atoms with van der Waals surface area (Å²) in [6.07, 6.45) is 3.98. The van der Waals surface area contributed by atoms with Crippen LogP contribution in [-0.2, 0) is 14.3 Å². The van der Waals surface area contributed by atoms with Gasteiger partial charge in [-0.2, -0.15) is 8.78 Å². The van der Waals surface area contributed by atoms with Crippen molar-refractivity contribution in [3.8, 4) is 11.5 Å². The molecule has 1 atom stereocenters. The first-order valence-corrected chi connectivity index (χ1v) is 8.19. The summed E-state index contributed by atoms with van der Waals surface area (Å²) in [6.45, 7) is -1.71. The number of carbonyl (C=O) groups excluding carboxylic acids is 2. The van der Waals surface area contributed by atoms with Crippen molar-refractivity contribution in [2.24, 2.45) is 0 Å². The zero-order valence-electron chi connectivity index (χ0n) is 15.2. The van der Waals surface area contributed by atoms with Crippen molar-refractivity contribution < 1.29 is 37.0 Å². The van der Waals surface area contributed by atoms with Gasteiger partial charge < -0.3 is 23.9 Å². The molecule has 0 aliphatic heterocycles. The molecule has 28 heavy (non-hydrogen) atoms. The van der Waals surface area contributed by atoms with Gasteiger partial charge >= 0.3 is 12.6 Å². The smallest absolute Gasteiger partial charge is 0.387 e. The van der Waals surface area contributed by atoms with E-state index >= 15 is 0 Å². The maximum atomic E-state index is 12.3. The van der Waals surface area contributed by atoms with E-state index < -0.39 is 25.1 Å². The normalized spacial score (nSPS) is 12.0. The van der Waals surface area contributed by atoms with Gasteiger partial charge in [0.05, 0.1) is 19.4 Å². The van der Waals surface area contributed by atoms with E-state index in [4.69, 9.17) is 13.9 Å². The molecule has 0 spiro atoms. The first-order chi connectivity index (χ1) is 13.4. The van der Waals surface area contributed by atoms with E-state index in [-0.39, 0.29) is 17.5 Å². The van der Waals surface area contributed by atoms with Gasteiger partial charge in [0, 0.05) is 6.08 Å². The molecule has 9 heteroatoms. The number of halogens is 2. The summed E-state index contributed by atoms with van der Waals surface area (Å²) in [5.74, 6) is -0.692. The molecule has 0 fully saturated rings. The van der Waals surface area contributed by atoms with E-state index in [0.717, 1.165) is 6.08 Å². The van der Waals surface area contributed by atoms with Crippen LogP contribution in [0.5, 0.6) is 11.5 Å². The monoisotopic (exact) mass is 395 g/mol. The fourth-order valence-electron chi connectivity index (χ4n) is 2.22. The minimum absolute atomic E-state index is 0.0853. The molecule has 0 aliphatic rings. The predicted octanol–water partition coefficient (Wildman–Crippen LogP) is 3.32. The third-order valence-electron chi connectivity index (χ3n) is 3.51. The van der Waals surface area contributed by atoms with E-state index in [1.54, 1.807) is 19.1 Å². The lowest BCUT2D eigenvalue weighted by Gasteiger charge is -2.11. The summed E-state index contributed by atoms with van der Waals surface area (Å²) in [7, 11) is 1.30. The van der Waals surface area contributed by atoms with Crippen LogP contribution in [0.25, 0.3) is 6.08 Å². The van der Waals surface area contributed by atoms with E-state index in [1.807, 2.05) is 0 Å². The number of nitrogens with one attached hydrogen (secondary N) is 1. The summed E-state index contributed by atoms with van der Waals surface area (Å²) in [6, 6.07) is 7.22. The molecule has 1 heterocycles. The number of alkyl halides is 2. The molecule has 0 bridgehead atoms. The summed E-state index contributed by atoms with van der Waals surface area (Å²) >= 11 is 0. The Morgan fingerprint density at radius 2 is 2.04 bits per heavy atom. The molecule has 7 nitrogen and oxygen atoms in total. The zero-order valence-corrected chi connectivity index (χ0v) is 15.2. The maximum Gasteiger partial charge on any atom is 0.387 e. The number of amides is 1. The lowest BCUT2D eigenvalue weighted by Crippen LogP contribution is -2.30. The van der Waals surface area contributed by atoms with Gasteiger partial charge in [0.2, 0.25) is 0 Å². The van der Waals surface area contributed by atoms with E-state index in [9.17, 15) is 18.4 Å². The van der Waals surface area contributed by atoms with Gasteiger partial charge in [-0.25, -0.2) is 4.79 Å². The molecular weight excluding hydrogens is 376 g/mol. The molecule has 1 aromatic heterocycles. The Bertz CT molecular complexity index is 820. The number of esters is 1. The number of benzene rings is 1. The Labute approximate surface area is 159 Å². The van der Waals surface area contributed by atoms with E-state index in [0.29, 0.717) is 11.3 Å². The van der Waals surface area contributed by atoms with Crippen molar-refractivity contribution >= 4 is 18.0 Å². The lowest BCUT2D eigenvalue weighted by molar-refractivity contribution is -0.144. The van der Waals surface area contributed by atoms with Crippen molar-refractivity contribution in [1.82, 2.24) is 5.32 Å². The molecule has 0 saturated heterocycles. The van der Waals surface area contributed by atoms with Crippen LogP contribution in [0.15, 0.2) is 47.1 Å². The average Bonchev–Trinajstić information content (AvgIpc) is 3.20. The minimum Gasteiger partial charge on any atom is -0.493 e. The quantitative estimate of drug-likeness (QED) is 0.518. The summed E-state index contributed by atoms with van der Waals surface area (Å²) < 4.78 is 43.9. The van der Waals surface area contributed by atoms with Crippen molar-refractivity contribution in [2.75, 3.05) is 13.7 Å². The van der Waals surface area contributed by atoms with Gasteiger partial charge in [0.1, 0.15) is 5.76 Å². The van der Waals surface area contributed by atoms with Crippen molar-refractivity contribution in [2.45, 2.75) is 19.6 Å². The Morgan fingerprint density at radius 3 is 2.68 bits per heavy atom. The molecular formula is C19H19F2NO6. The molecule has 2 aromatic rings. The minimum atomic E-state index is -2.98. The number of rotatable bonds is 9. The topological polar surface area (TPSA) is 87.0 Å². The molecule has 0 radical (unpaired) electrons. The fraction of sp³-hybridized carbons (Fsp3) is 0.263. The Balaban J connectivity index is 1.85. The van der Waals surface area contributed by atoms with Crippen molar-refractivity contribution in [3.05, 3.63) is 54.0 Å². The van der Waals surface area contributed by atoms with Gasteiger partial charge in [0.25, 0.3) is 5.91 Å². The van der Waals surface area contributed by atoms with Gasteiger partial charge in [-0.05, 0) is 42.8 Å². The molecule has 1 N–H and O–H groups in total. The summed E-state index contributed by atoms with van der Waals surface area (Å²) in [4.78, 5) is 23.5. The van der Waals surface area contributed by atoms with Crippen LogP contribution in [0.1, 0.15) is 24.3 Å². The molecule has 0 unspecified atom stereocenters. The van der Waals surface area contributed by atoms with Crippen LogP contribution in [0.3, 0.4) is 0 Å². The number of furan rings is 1. The Morgan fingerprint density at radius 1 is 1.25 bits per heavy atom. The van der Waals surface area contributed by atoms with Crippen molar-refractivity contribution in [1.29, 1.82) is 0 Å². The standard InChI is InChI=1S/C19H19F2NO6/c1-12(14-4-3-9-26-14)22-17(23)11-27-18(24)8-6-13-5-7-15(28-19(20)21)16(10-13)25-2/h3-10,12,19H,11H2,1-2H3,(H,22,23)/b8-6+/t12-/m0/s1. The third kappa shape index (κ3) is 6.42. The number of ether oxygens (including phenoxy) is 3. The highest BCUT2D eigenvalue weighted by Crippen LogP contribution is 2.29. The average molecular weight is 395 g/mol. The van der Waals surface area contributed by atoms with Gasteiger partial charge in [-0.15, -0.1) is 0 Å². The lowest BCUT2D eigenvalue weighted by atomic mass is 10.2. The number of methoxy groups -OCH3 is 1. The fourth-order valence-corrected chi connectivity index (χ4v) is 2.22. The predicted molar refractivity (Wildman–Crippen MR) is 94.9 cm³/mol. The van der Waals surface area contributed by atoms with E-state index in [2.05, 4.69) is 10.1 Å². The number of carbonyl (C=O) groups is 2. The molecule has 1 amide bonds. The summed E-state index contributed by atoms with van der Waals surface area (Å²) in [5, 5.41) is 2.62. The van der Waals surface area contributed by atoms with Crippen LogP contribution < -0.4 is 14.8 Å². The summed E-state index contributed by atoms with van der Waals surface area (Å²) in [5.41, 5.74) is 0.492. The van der Waals surface area contributed by atoms with Gasteiger partial charge in [0.15, 0.2) is 18.1 Å². The largest absolute Gasteiger partial charge is 0.493 e. The first kappa shape index (κ1) is 20.9. The second kappa shape index (κ2) is 10.1. The van der Waals surface area contributed by atoms with E-state index in [1.165, 1.54) is 37.6 Å². The molecule has 0 saturated carbocycles. The second-order valence-corrected chi connectivity index (χ2v) is 5.53. The maximum absolute atomic E-state index is 12.3. The van der Waals surface area contributed by atoms with Crippen LogP contribution in [-0.4, -0.2) is 32.2 Å². The van der Waals surface area contributed by atoms with Crippen molar-refractivity contribution in [3.63, 3.8) is 0 Å². The Kier molecular flexibility index (Phi) is 7.55. The molecule has 0 aliphatic carbocycles.